The van der Waals surface area contributed by atoms with E-state index in [1.54, 1.807) is 70.6 Å². The zero-order valence-electron chi connectivity index (χ0n) is 46.8. The van der Waals surface area contributed by atoms with E-state index in [1.807, 2.05) is 108 Å². The third-order valence-electron chi connectivity index (χ3n) is 15.0. The summed E-state index contributed by atoms with van der Waals surface area (Å²) in [6, 6.07) is 0. The molecule has 11 rings (SSSR count). The lowest BCUT2D eigenvalue weighted by Gasteiger charge is -2.39. The molecule has 3 aromatic carbocycles. The molecule has 10 nitrogen and oxygen atoms in total. The quantitative estimate of drug-likeness (QED) is 0.178. The first kappa shape index (κ1) is 58.4. The van der Waals surface area contributed by atoms with Crippen LogP contribution >= 0.6 is 141 Å². The Morgan fingerprint density at radius 1 is 0.429 bits per heavy atom. The summed E-state index contributed by atoms with van der Waals surface area (Å²) < 4.78 is 9.42. The molecule has 0 aliphatic carbocycles. The van der Waals surface area contributed by atoms with Gasteiger partial charge in [0.05, 0.1) is 66.8 Å². The number of carbonyl (C=O) groups is 4. The lowest BCUT2D eigenvalue weighted by atomic mass is 9.83. The Bertz CT molecular complexity index is 2910. The maximum Gasteiger partial charge on any atom is 0.340 e. The van der Waals surface area contributed by atoms with E-state index in [-0.39, 0.29) is 54.1 Å². The van der Waals surface area contributed by atoms with Gasteiger partial charge in [0, 0.05) is 96.4 Å². The monoisotopic (exact) mass is 1270 g/mol. The fourth-order valence-corrected chi connectivity index (χ4v) is 29.8. The van der Waals surface area contributed by atoms with Gasteiger partial charge in [-0.2, -0.15) is 5.06 Å². The second-order valence-corrected chi connectivity index (χ2v) is 45.7. The zero-order chi connectivity index (χ0) is 56.0. The van der Waals surface area contributed by atoms with E-state index in [1.165, 1.54) is 36.0 Å². The van der Waals surface area contributed by atoms with Crippen molar-refractivity contribution >= 4 is 165 Å². The van der Waals surface area contributed by atoms with E-state index in [2.05, 4.69) is 83.1 Å². The van der Waals surface area contributed by atoms with Crippen molar-refractivity contribution in [1.29, 1.82) is 0 Å². The Balaban J connectivity index is 1.18. The lowest BCUT2D eigenvalue weighted by molar-refractivity contribution is -0.198. The van der Waals surface area contributed by atoms with Gasteiger partial charge in [-0.25, -0.2) is 9.59 Å². The molecule has 0 spiro atoms. The summed E-state index contributed by atoms with van der Waals surface area (Å²) in [5.41, 5.74) is 4.32. The Hall–Kier alpha value is -0.340. The number of ether oxygens (including phenoxy) is 2. The summed E-state index contributed by atoms with van der Waals surface area (Å²) in [7, 11) is 2.97. The van der Waals surface area contributed by atoms with Crippen molar-refractivity contribution in [1.82, 2.24) is 14.9 Å². The lowest BCUT2D eigenvalue weighted by Crippen LogP contribution is -2.55. The highest BCUT2D eigenvalue weighted by Gasteiger charge is 2.57. The number of carbonyl (C=O) groups excluding carboxylic acids is 4. The van der Waals surface area contributed by atoms with Gasteiger partial charge in [0.1, 0.15) is 0 Å². The van der Waals surface area contributed by atoms with Gasteiger partial charge < -0.3 is 24.5 Å². The highest BCUT2D eigenvalue weighted by molar-refractivity contribution is 8.23. The number of hydroxylamine groups is 2. The van der Waals surface area contributed by atoms with E-state index in [9.17, 15) is 19.6 Å². The molecule has 2 fully saturated rings. The molecule has 2 saturated heterocycles. The summed E-state index contributed by atoms with van der Waals surface area (Å²) in [6.45, 7) is 36.5. The van der Waals surface area contributed by atoms with Crippen molar-refractivity contribution < 1.29 is 33.9 Å². The first-order valence-corrected chi connectivity index (χ1v) is 35.6. The maximum absolute atomic E-state index is 15.9. The van der Waals surface area contributed by atoms with E-state index < -0.39 is 17.0 Å². The number of thioether (sulfide) groups is 12. The second kappa shape index (κ2) is 19.3. The topological polar surface area (TPSA) is 117 Å². The van der Waals surface area contributed by atoms with Gasteiger partial charge in [0.25, 0.3) is 5.91 Å². The van der Waals surface area contributed by atoms with E-state index in [0.717, 1.165) is 64.3 Å². The van der Waals surface area contributed by atoms with Crippen LogP contribution < -0.4 is 0 Å². The van der Waals surface area contributed by atoms with Crippen LogP contribution in [0.4, 0.5) is 0 Å². The number of nitrogens with zero attached hydrogens (tertiary/aromatic N) is 3. The van der Waals surface area contributed by atoms with E-state index in [4.69, 9.17) is 9.47 Å². The second-order valence-electron chi connectivity index (χ2n) is 24.5. The van der Waals surface area contributed by atoms with Crippen LogP contribution in [0.1, 0.15) is 171 Å². The largest absolute Gasteiger partial charge is 0.465 e. The number of hydrogen-bond donors (Lipinski definition) is 1. The Morgan fingerprint density at radius 3 is 0.948 bits per heavy atom. The summed E-state index contributed by atoms with van der Waals surface area (Å²) >= 11 is 21.6. The van der Waals surface area contributed by atoms with Crippen LogP contribution in [0.2, 0.25) is 0 Å². The SMILES string of the molecule is COC(=O)c1c2c(c(C(c3c4c(c(C(=O)OC)c5c3SC(C)(C)S5)SC(C)(C)S4)c3c4c(c(C(=O)N5CCN(C(=O)C6CC(C)(C)N(O)C6(C)C)CC5)c5c3SC(C)(C)S5)SC(C)(C)S4)c3c1SC(C)(C)S3)SC(C)(C)S2. The van der Waals surface area contributed by atoms with Gasteiger partial charge in [-0.1, -0.05) is 0 Å². The van der Waals surface area contributed by atoms with Crippen LogP contribution in [0.15, 0.2) is 58.7 Å². The van der Waals surface area contributed by atoms with Gasteiger partial charge >= 0.3 is 11.9 Å². The molecule has 1 atom stereocenters. The average molecular weight is 1270 g/mol. The van der Waals surface area contributed by atoms with Crippen LogP contribution in [-0.2, 0) is 14.3 Å². The van der Waals surface area contributed by atoms with Crippen LogP contribution in [0.25, 0.3) is 0 Å². The summed E-state index contributed by atoms with van der Waals surface area (Å²) in [6.07, 6.45) is 0.548. The number of piperazine rings is 1. The smallest absolute Gasteiger partial charge is 0.340 e. The zero-order valence-corrected chi connectivity index (χ0v) is 56.6. The number of rotatable bonds is 7. The van der Waals surface area contributed by atoms with Gasteiger partial charge in [0.2, 0.25) is 5.91 Å². The predicted octanol–water partition coefficient (Wildman–Crippen LogP) is 16.6. The molecule has 3 aromatic rings. The van der Waals surface area contributed by atoms with Crippen LogP contribution in [-0.4, -0.2) is 120 Å². The Kier molecular flexibility index (Phi) is 14.7. The fraction of sp³-hybridized carbons (Fsp3) is 0.600. The number of benzene rings is 3. The van der Waals surface area contributed by atoms with Crippen molar-refractivity contribution in [2.45, 2.75) is 217 Å². The van der Waals surface area contributed by atoms with Gasteiger partial charge in [0.15, 0.2) is 0 Å². The van der Waals surface area contributed by atoms with E-state index in [0.29, 0.717) is 43.7 Å². The first-order valence-electron chi connectivity index (χ1n) is 25.8. The average Bonchev–Trinajstić information content (AvgIpc) is 4.21. The molecule has 2 amide bonds. The van der Waals surface area contributed by atoms with Crippen LogP contribution in [0.3, 0.4) is 0 Å². The molecule has 8 aliphatic rings. The molecular weight excluding hydrogens is 1200 g/mol. The molecule has 1 N–H and O–H groups in total. The van der Waals surface area contributed by atoms with Crippen molar-refractivity contribution in [2.75, 3.05) is 40.4 Å². The van der Waals surface area contributed by atoms with Crippen LogP contribution in [0.5, 0.6) is 0 Å². The minimum Gasteiger partial charge on any atom is -0.465 e. The molecule has 0 aromatic heterocycles. The molecular formula is C55H67N3O7S12. The van der Waals surface area contributed by atoms with Crippen molar-refractivity contribution in [3.63, 3.8) is 0 Å². The predicted molar refractivity (Wildman–Crippen MR) is 330 cm³/mol. The van der Waals surface area contributed by atoms with E-state index >= 15 is 4.79 Å². The third kappa shape index (κ3) is 9.80. The minimum absolute atomic E-state index is 0.00795. The number of esters is 2. The number of hydrogen-bond acceptors (Lipinski definition) is 20. The fourth-order valence-electron chi connectivity index (χ4n) is 12.0. The van der Waals surface area contributed by atoms with Gasteiger partial charge in [-0.3, -0.25) is 9.59 Å². The molecule has 77 heavy (non-hydrogen) atoms. The summed E-state index contributed by atoms with van der Waals surface area (Å²) in [5, 5.41) is 12.5. The van der Waals surface area contributed by atoms with Crippen molar-refractivity contribution in [2.24, 2.45) is 5.92 Å². The molecule has 0 bridgehead atoms. The first-order chi connectivity index (χ1) is 35.5. The molecule has 22 heteroatoms. The maximum atomic E-state index is 15.9. The molecule has 1 unspecified atom stereocenters. The number of amides is 2. The molecule has 0 saturated carbocycles. The Morgan fingerprint density at radius 2 is 0.688 bits per heavy atom. The van der Waals surface area contributed by atoms with Gasteiger partial charge in [-0.15, -0.1) is 141 Å². The van der Waals surface area contributed by atoms with Crippen molar-refractivity contribution in [3.05, 3.63) is 33.4 Å². The molecule has 0 radical (unpaired) electrons. The number of methoxy groups -OCH3 is 2. The molecule has 416 valence electrons. The molecule has 8 heterocycles. The van der Waals surface area contributed by atoms with Crippen LogP contribution in [0, 0.1) is 5.92 Å². The minimum atomic E-state index is -0.729. The Labute approximate surface area is 505 Å². The summed E-state index contributed by atoms with van der Waals surface area (Å²) in [5.74, 6) is -1.42. The normalized spacial score (nSPS) is 24.9. The van der Waals surface area contributed by atoms with Crippen molar-refractivity contribution in [3.8, 4) is 0 Å². The standard InChI is InChI=1S/C55H67N3O7S12/c1-48(2)23-24(49(3,4)58(48)63)44(59)56-19-21-57(22-20-56)45(60)29-38-32(66-50(5,6)72-38)26(33-39(29)73-51(7,8)67-33)25(27-34-40(74-52(9,10)68-34)30(46(61)64-17)41-35(27)69-53(11,12)75-41)28-36-42(76-54(13,14)70-36)31(47(62)65-18)43-37(28)71-55(15,16)77-43/h24-25,63H,19-23H2,1-18H3. The third-order valence-corrected chi connectivity index (χ3v) is 32.1. The summed E-state index contributed by atoms with van der Waals surface area (Å²) in [4.78, 5) is 75.4. The highest BCUT2D eigenvalue weighted by Crippen LogP contribution is 2.75. The number of fused-ring (bicyclic) bond motifs is 6. The van der Waals surface area contributed by atoms with Gasteiger partial charge in [-0.05, 0) is 134 Å². The highest BCUT2D eigenvalue weighted by atomic mass is 32.2. The molecule has 8 aliphatic heterocycles.